The first kappa shape index (κ1) is 11.2. The van der Waals surface area contributed by atoms with E-state index in [1.807, 2.05) is 30.3 Å². The van der Waals surface area contributed by atoms with Crippen molar-refractivity contribution in [3.8, 4) is 11.1 Å². The molecule has 2 aromatic rings. The number of carbonyl (C=O) groups is 1. The van der Waals surface area contributed by atoms with Gasteiger partial charge in [-0.15, -0.1) is 0 Å². The maximum Gasteiger partial charge on any atom is 0.251 e. The number of nitrogen functional groups attached to an aromatic ring is 1. The summed E-state index contributed by atoms with van der Waals surface area (Å²) in [4.78, 5) is 11.8. The molecule has 3 heteroatoms. The van der Waals surface area contributed by atoms with Gasteiger partial charge in [0.15, 0.2) is 0 Å². The van der Waals surface area contributed by atoms with Gasteiger partial charge in [0, 0.05) is 23.9 Å². The van der Waals surface area contributed by atoms with Gasteiger partial charge in [0.05, 0.1) is 0 Å². The number of nitrogens with two attached hydrogens (primary N) is 1. The zero-order chi connectivity index (χ0) is 12.3. The molecule has 0 saturated heterocycles. The van der Waals surface area contributed by atoms with Crippen LogP contribution in [0.1, 0.15) is 10.4 Å². The van der Waals surface area contributed by atoms with E-state index in [0.717, 1.165) is 11.1 Å². The molecule has 2 aromatic carbocycles. The first-order chi connectivity index (χ1) is 8.24. The van der Waals surface area contributed by atoms with E-state index < -0.39 is 0 Å². The van der Waals surface area contributed by atoms with Gasteiger partial charge in [-0.05, 0) is 17.7 Å². The normalized spacial score (nSPS) is 9.94. The summed E-state index contributed by atoms with van der Waals surface area (Å²) < 4.78 is 0. The molecular formula is C14H14N2O. The van der Waals surface area contributed by atoms with E-state index >= 15 is 0 Å². The molecule has 0 aliphatic carbocycles. The minimum Gasteiger partial charge on any atom is -0.398 e. The molecule has 17 heavy (non-hydrogen) atoms. The Morgan fingerprint density at radius 1 is 1.06 bits per heavy atom. The SMILES string of the molecule is CNC(=O)c1cccc(N)c1-c1ccccc1. The highest BCUT2D eigenvalue weighted by Crippen LogP contribution is 2.29. The summed E-state index contributed by atoms with van der Waals surface area (Å²) in [6.07, 6.45) is 0. The molecule has 2 rings (SSSR count). The van der Waals surface area contributed by atoms with Crippen LogP contribution in [0.4, 0.5) is 5.69 Å². The lowest BCUT2D eigenvalue weighted by atomic mass is 9.97. The zero-order valence-electron chi connectivity index (χ0n) is 9.60. The fourth-order valence-electron chi connectivity index (χ4n) is 1.82. The van der Waals surface area contributed by atoms with Gasteiger partial charge in [-0.1, -0.05) is 36.4 Å². The van der Waals surface area contributed by atoms with Crippen LogP contribution in [0.3, 0.4) is 0 Å². The molecule has 0 aliphatic rings. The smallest absolute Gasteiger partial charge is 0.251 e. The van der Waals surface area contributed by atoms with E-state index in [9.17, 15) is 4.79 Å². The Morgan fingerprint density at radius 2 is 1.76 bits per heavy atom. The Kier molecular flexibility index (Phi) is 3.10. The summed E-state index contributed by atoms with van der Waals surface area (Å²) in [6.45, 7) is 0. The van der Waals surface area contributed by atoms with E-state index in [2.05, 4.69) is 5.32 Å². The van der Waals surface area contributed by atoms with Gasteiger partial charge < -0.3 is 11.1 Å². The largest absolute Gasteiger partial charge is 0.398 e. The van der Waals surface area contributed by atoms with Gasteiger partial charge in [-0.2, -0.15) is 0 Å². The van der Waals surface area contributed by atoms with Gasteiger partial charge in [-0.3, -0.25) is 4.79 Å². The van der Waals surface area contributed by atoms with Crippen LogP contribution in [0.15, 0.2) is 48.5 Å². The predicted octanol–water partition coefficient (Wildman–Crippen LogP) is 2.30. The van der Waals surface area contributed by atoms with Crippen LogP contribution < -0.4 is 11.1 Å². The van der Waals surface area contributed by atoms with Crippen molar-refractivity contribution >= 4 is 11.6 Å². The van der Waals surface area contributed by atoms with Crippen LogP contribution in [0.5, 0.6) is 0 Å². The molecule has 0 bridgehead atoms. The fourth-order valence-corrected chi connectivity index (χ4v) is 1.82. The first-order valence-electron chi connectivity index (χ1n) is 5.40. The number of hydrogen-bond donors (Lipinski definition) is 2. The van der Waals surface area contributed by atoms with E-state index in [1.165, 1.54) is 0 Å². The van der Waals surface area contributed by atoms with Gasteiger partial charge in [0.1, 0.15) is 0 Å². The molecule has 1 amide bonds. The third-order valence-electron chi connectivity index (χ3n) is 2.63. The summed E-state index contributed by atoms with van der Waals surface area (Å²) in [5, 5.41) is 2.62. The highest BCUT2D eigenvalue weighted by Gasteiger charge is 2.13. The summed E-state index contributed by atoms with van der Waals surface area (Å²) in [5.41, 5.74) is 8.90. The number of carbonyl (C=O) groups excluding carboxylic acids is 1. The molecule has 0 fully saturated rings. The summed E-state index contributed by atoms with van der Waals surface area (Å²) >= 11 is 0. The molecule has 0 unspecified atom stereocenters. The highest BCUT2D eigenvalue weighted by atomic mass is 16.1. The molecular weight excluding hydrogens is 212 g/mol. The maximum atomic E-state index is 11.8. The minimum atomic E-state index is -0.129. The van der Waals surface area contributed by atoms with Crippen LogP contribution in [0, 0.1) is 0 Å². The number of hydrogen-bond acceptors (Lipinski definition) is 2. The molecule has 0 aliphatic heterocycles. The van der Waals surface area contributed by atoms with E-state index in [4.69, 9.17) is 5.73 Å². The van der Waals surface area contributed by atoms with Crippen LogP contribution in [-0.2, 0) is 0 Å². The van der Waals surface area contributed by atoms with Crippen molar-refractivity contribution in [2.75, 3.05) is 12.8 Å². The zero-order valence-corrected chi connectivity index (χ0v) is 9.60. The lowest BCUT2D eigenvalue weighted by molar-refractivity contribution is 0.0964. The quantitative estimate of drug-likeness (QED) is 0.772. The lowest BCUT2D eigenvalue weighted by Gasteiger charge is -2.11. The topological polar surface area (TPSA) is 55.1 Å². The number of amides is 1. The standard InChI is InChI=1S/C14H14N2O/c1-16-14(17)11-8-5-9-12(15)13(11)10-6-3-2-4-7-10/h2-9H,15H2,1H3,(H,16,17). The van der Waals surface area contributed by atoms with Crippen LogP contribution in [0.25, 0.3) is 11.1 Å². The van der Waals surface area contributed by atoms with Crippen LogP contribution >= 0.6 is 0 Å². The second-order valence-corrected chi connectivity index (χ2v) is 3.71. The fraction of sp³-hybridized carbons (Fsp3) is 0.0714. The molecule has 0 aromatic heterocycles. The Bertz CT molecular complexity index is 535. The highest BCUT2D eigenvalue weighted by molar-refractivity contribution is 6.03. The second-order valence-electron chi connectivity index (χ2n) is 3.71. The number of nitrogens with one attached hydrogen (secondary N) is 1. The third kappa shape index (κ3) is 2.13. The van der Waals surface area contributed by atoms with Crippen molar-refractivity contribution < 1.29 is 4.79 Å². The monoisotopic (exact) mass is 226 g/mol. The van der Waals surface area contributed by atoms with Gasteiger partial charge >= 0.3 is 0 Å². The summed E-state index contributed by atoms with van der Waals surface area (Å²) in [5.74, 6) is -0.129. The van der Waals surface area contributed by atoms with Crippen molar-refractivity contribution in [1.82, 2.24) is 5.32 Å². The molecule has 0 saturated carbocycles. The molecule has 3 nitrogen and oxygen atoms in total. The molecule has 0 heterocycles. The number of anilines is 1. The van der Waals surface area contributed by atoms with Crippen molar-refractivity contribution in [3.63, 3.8) is 0 Å². The molecule has 86 valence electrons. The summed E-state index contributed by atoms with van der Waals surface area (Å²) in [7, 11) is 1.61. The average molecular weight is 226 g/mol. The molecule has 0 radical (unpaired) electrons. The van der Waals surface area contributed by atoms with E-state index in [1.54, 1.807) is 25.2 Å². The van der Waals surface area contributed by atoms with Gasteiger partial charge in [-0.25, -0.2) is 0 Å². The number of benzene rings is 2. The molecule has 3 N–H and O–H groups in total. The second kappa shape index (κ2) is 4.70. The Morgan fingerprint density at radius 3 is 2.41 bits per heavy atom. The number of rotatable bonds is 2. The minimum absolute atomic E-state index is 0.129. The lowest BCUT2D eigenvalue weighted by Crippen LogP contribution is -2.19. The molecule has 0 spiro atoms. The van der Waals surface area contributed by atoms with Crippen molar-refractivity contribution in [2.24, 2.45) is 0 Å². The van der Waals surface area contributed by atoms with E-state index in [-0.39, 0.29) is 5.91 Å². The van der Waals surface area contributed by atoms with E-state index in [0.29, 0.717) is 11.3 Å². The van der Waals surface area contributed by atoms with Gasteiger partial charge in [0.25, 0.3) is 5.91 Å². The van der Waals surface area contributed by atoms with Gasteiger partial charge in [0.2, 0.25) is 0 Å². The van der Waals surface area contributed by atoms with Crippen molar-refractivity contribution in [2.45, 2.75) is 0 Å². The van der Waals surface area contributed by atoms with Crippen LogP contribution in [0.2, 0.25) is 0 Å². The Balaban J connectivity index is 2.64. The Hall–Kier alpha value is -2.29. The molecule has 0 atom stereocenters. The Labute approximate surface area is 100 Å². The van der Waals surface area contributed by atoms with Crippen LogP contribution in [-0.4, -0.2) is 13.0 Å². The van der Waals surface area contributed by atoms with Crippen molar-refractivity contribution in [1.29, 1.82) is 0 Å². The predicted molar refractivity (Wildman–Crippen MR) is 69.7 cm³/mol. The maximum absolute atomic E-state index is 11.8. The first-order valence-corrected chi connectivity index (χ1v) is 5.40. The van der Waals surface area contributed by atoms with Crippen molar-refractivity contribution in [3.05, 3.63) is 54.1 Å². The third-order valence-corrected chi connectivity index (χ3v) is 2.63. The summed E-state index contributed by atoms with van der Waals surface area (Å²) in [6, 6.07) is 15.0. The average Bonchev–Trinajstić information content (AvgIpc) is 2.38.